The first-order chi connectivity index (χ1) is 9.60. The average molecular weight is 276 g/mol. The van der Waals surface area contributed by atoms with Gasteiger partial charge in [0.15, 0.2) is 0 Å². The zero-order valence-corrected chi connectivity index (χ0v) is 12.5. The molecule has 0 aromatic carbocycles. The maximum atomic E-state index is 12.1. The van der Waals surface area contributed by atoms with Crippen LogP contribution in [0.1, 0.15) is 30.6 Å². The topological polar surface area (TPSA) is 57.3 Å². The van der Waals surface area contributed by atoms with Crippen LogP contribution in [0, 0.1) is 5.92 Å². The van der Waals surface area contributed by atoms with Crippen molar-refractivity contribution in [2.45, 2.75) is 26.3 Å². The highest BCUT2D eigenvalue weighted by molar-refractivity contribution is 5.94. The molecule has 1 fully saturated rings. The molecular weight excluding hydrogens is 252 g/mol. The van der Waals surface area contributed by atoms with Crippen molar-refractivity contribution < 1.29 is 4.79 Å². The zero-order chi connectivity index (χ0) is 14.5. The van der Waals surface area contributed by atoms with E-state index >= 15 is 0 Å². The van der Waals surface area contributed by atoms with E-state index in [0.29, 0.717) is 18.0 Å². The van der Waals surface area contributed by atoms with Crippen LogP contribution in [0.2, 0.25) is 0 Å². The molecule has 2 atom stereocenters. The van der Waals surface area contributed by atoms with Crippen LogP contribution in [0.15, 0.2) is 18.3 Å². The van der Waals surface area contributed by atoms with Crippen LogP contribution in [0.3, 0.4) is 0 Å². The number of hydrogen-bond donors (Lipinski definition) is 2. The minimum Gasteiger partial charge on any atom is -0.356 e. The Kier molecular flexibility index (Phi) is 4.95. The van der Waals surface area contributed by atoms with E-state index in [9.17, 15) is 4.79 Å². The molecule has 1 aliphatic rings. The van der Waals surface area contributed by atoms with E-state index in [-0.39, 0.29) is 11.9 Å². The van der Waals surface area contributed by atoms with Crippen molar-refractivity contribution in [3.05, 3.63) is 23.9 Å². The number of aromatic nitrogens is 1. The summed E-state index contributed by atoms with van der Waals surface area (Å²) in [5.74, 6) is 1.57. The summed E-state index contributed by atoms with van der Waals surface area (Å²) < 4.78 is 0. The summed E-state index contributed by atoms with van der Waals surface area (Å²) in [6, 6.07) is 3.92. The number of nitrogens with zero attached hydrogens (tertiary/aromatic N) is 2. The molecule has 1 saturated heterocycles. The summed E-state index contributed by atoms with van der Waals surface area (Å²) >= 11 is 0. The van der Waals surface area contributed by atoms with Crippen LogP contribution in [-0.4, -0.2) is 43.6 Å². The molecule has 0 spiro atoms. The molecule has 1 aromatic heterocycles. The van der Waals surface area contributed by atoms with Crippen molar-refractivity contribution in [2.24, 2.45) is 5.92 Å². The van der Waals surface area contributed by atoms with Gasteiger partial charge in [-0.15, -0.1) is 0 Å². The second-order valence-corrected chi connectivity index (χ2v) is 5.64. The number of rotatable bonds is 5. The molecule has 110 valence electrons. The second kappa shape index (κ2) is 6.70. The number of nitrogens with one attached hydrogen (secondary N) is 2. The van der Waals surface area contributed by atoms with Gasteiger partial charge in [-0.2, -0.15) is 0 Å². The van der Waals surface area contributed by atoms with Crippen LogP contribution in [-0.2, 0) is 0 Å². The van der Waals surface area contributed by atoms with E-state index in [2.05, 4.69) is 27.4 Å². The Hall–Kier alpha value is -1.62. The molecule has 2 unspecified atom stereocenters. The summed E-state index contributed by atoms with van der Waals surface area (Å²) in [5.41, 5.74) is 0.679. The molecule has 1 amide bonds. The lowest BCUT2D eigenvalue weighted by molar-refractivity contribution is 0.0950. The number of amides is 1. The van der Waals surface area contributed by atoms with Gasteiger partial charge in [0.05, 0.1) is 0 Å². The third-order valence-corrected chi connectivity index (χ3v) is 3.82. The maximum absolute atomic E-state index is 12.1. The van der Waals surface area contributed by atoms with Gasteiger partial charge in [-0.25, -0.2) is 4.98 Å². The monoisotopic (exact) mass is 276 g/mol. The van der Waals surface area contributed by atoms with Crippen molar-refractivity contribution >= 4 is 11.7 Å². The molecule has 1 aromatic rings. The molecule has 5 heteroatoms. The molecule has 20 heavy (non-hydrogen) atoms. The minimum atomic E-state index is -0.0389. The van der Waals surface area contributed by atoms with Gasteiger partial charge in [-0.3, -0.25) is 4.79 Å². The van der Waals surface area contributed by atoms with Crippen molar-refractivity contribution in [2.75, 3.05) is 31.6 Å². The van der Waals surface area contributed by atoms with Gasteiger partial charge >= 0.3 is 0 Å². The van der Waals surface area contributed by atoms with E-state index in [1.807, 2.05) is 20.0 Å². The van der Waals surface area contributed by atoms with E-state index in [4.69, 9.17) is 0 Å². The Morgan fingerprint density at radius 1 is 1.60 bits per heavy atom. The van der Waals surface area contributed by atoms with Gasteiger partial charge in [0.25, 0.3) is 5.91 Å². The minimum absolute atomic E-state index is 0.0389. The van der Waals surface area contributed by atoms with Crippen LogP contribution >= 0.6 is 0 Å². The Bertz CT molecular complexity index is 463. The molecular formula is C15H24N4O. The van der Waals surface area contributed by atoms with Gasteiger partial charge in [-0.1, -0.05) is 6.92 Å². The predicted octanol–water partition coefficient (Wildman–Crippen LogP) is 1.27. The summed E-state index contributed by atoms with van der Waals surface area (Å²) in [7, 11) is 1.88. The van der Waals surface area contributed by atoms with E-state index in [0.717, 1.165) is 18.9 Å². The first-order valence-corrected chi connectivity index (χ1v) is 7.26. The van der Waals surface area contributed by atoms with Crippen LogP contribution < -0.4 is 15.5 Å². The quantitative estimate of drug-likeness (QED) is 0.850. The number of anilines is 1. The fourth-order valence-corrected chi connectivity index (χ4v) is 2.33. The standard InChI is InChI=1S/C15H24N4O/c1-11-5-7-19(10-11)14-8-13(4-6-17-14)15(20)18-9-12(2)16-3/h4,6,8,11-12,16H,5,7,9-10H2,1-3H3,(H,18,20). The number of carbonyl (C=O) groups excluding carboxylic acids is 1. The van der Waals surface area contributed by atoms with E-state index in [1.54, 1.807) is 12.3 Å². The number of carbonyl (C=O) groups is 1. The molecule has 0 radical (unpaired) electrons. The lowest BCUT2D eigenvalue weighted by atomic mass is 10.2. The predicted molar refractivity (Wildman–Crippen MR) is 81.1 cm³/mol. The van der Waals surface area contributed by atoms with Gasteiger partial charge in [0.2, 0.25) is 0 Å². The van der Waals surface area contributed by atoms with E-state index in [1.165, 1.54) is 6.42 Å². The average Bonchev–Trinajstić information content (AvgIpc) is 2.91. The Balaban J connectivity index is 2.00. The third-order valence-electron chi connectivity index (χ3n) is 3.82. The Morgan fingerprint density at radius 2 is 2.40 bits per heavy atom. The van der Waals surface area contributed by atoms with Gasteiger partial charge in [-0.05, 0) is 38.4 Å². The summed E-state index contributed by atoms with van der Waals surface area (Å²) in [6.45, 7) is 6.94. The van der Waals surface area contributed by atoms with Gasteiger partial charge < -0.3 is 15.5 Å². The highest BCUT2D eigenvalue weighted by atomic mass is 16.1. The third kappa shape index (κ3) is 3.70. The second-order valence-electron chi connectivity index (χ2n) is 5.64. The highest BCUT2D eigenvalue weighted by Gasteiger charge is 2.20. The van der Waals surface area contributed by atoms with E-state index < -0.39 is 0 Å². The first kappa shape index (κ1) is 14.8. The summed E-state index contributed by atoms with van der Waals surface area (Å²) in [4.78, 5) is 18.7. The zero-order valence-electron chi connectivity index (χ0n) is 12.5. The molecule has 0 saturated carbocycles. The lowest BCUT2D eigenvalue weighted by Gasteiger charge is -2.17. The van der Waals surface area contributed by atoms with Crippen molar-refractivity contribution in [1.82, 2.24) is 15.6 Å². The van der Waals surface area contributed by atoms with Crippen LogP contribution in [0.4, 0.5) is 5.82 Å². The largest absolute Gasteiger partial charge is 0.356 e. The summed E-state index contributed by atoms with van der Waals surface area (Å²) in [6.07, 6.45) is 2.91. The Morgan fingerprint density at radius 3 is 3.05 bits per heavy atom. The molecule has 0 bridgehead atoms. The van der Waals surface area contributed by atoms with Crippen LogP contribution in [0.5, 0.6) is 0 Å². The number of pyridine rings is 1. The maximum Gasteiger partial charge on any atom is 0.251 e. The van der Waals surface area contributed by atoms with Gasteiger partial charge in [0.1, 0.15) is 5.82 Å². The number of hydrogen-bond acceptors (Lipinski definition) is 4. The fraction of sp³-hybridized carbons (Fsp3) is 0.600. The lowest BCUT2D eigenvalue weighted by Crippen LogP contribution is -2.37. The summed E-state index contributed by atoms with van der Waals surface area (Å²) in [5, 5.41) is 6.03. The number of likely N-dealkylation sites (N-methyl/N-ethyl adjacent to an activating group) is 1. The SMILES string of the molecule is CNC(C)CNC(=O)c1ccnc(N2CCC(C)C2)c1. The van der Waals surface area contributed by atoms with Crippen molar-refractivity contribution in [3.63, 3.8) is 0 Å². The molecule has 2 heterocycles. The fourth-order valence-electron chi connectivity index (χ4n) is 2.33. The smallest absolute Gasteiger partial charge is 0.251 e. The normalized spacial score (nSPS) is 19.9. The first-order valence-electron chi connectivity index (χ1n) is 7.26. The van der Waals surface area contributed by atoms with Crippen molar-refractivity contribution in [3.8, 4) is 0 Å². The molecule has 5 nitrogen and oxygen atoms in total. The highest BCUT2D eigenvalue weighted by Crippen LogP contribution is 2.22. The van der Waals surface area contributed by atoms with Crippen LogP contribution in [0.25, 0.3) is 0 Å². The van der Waals surface area contributed by atoms with Crippen molar-refractivity contribution in [1.29, 1.82) is 0 Å². The molecule has 1 aliphatic heterocycles. The Labute approximate surface area is 120 Å². The molecule has 2 N–H and O–H groups in total. The van der Waals surface area contributed by atoms with Gasteiger partial charge in [0, 0.05) is 37.4 Å². The molecule has 0 aliphatic carbocycles. The molecule has 2 rings (SSSR count).